The van der Waals surface area contributed by atoms with E-state index in [-0.39, 0.29) is 50.4 Å². The van der Waals surface area contributed by atoms with E-state index in [0.717, 1.165) is 6.08 Å². The fourth-order valence-corrected chi connectivity index (χ4v) is 12.1. The molecule has 0 bridgehead atoms. The van der Waals surface area contributed by atoms with Crippen LogP contribution in [-0.2, 0) is 47.5 Å². The maximum Gasteiger partial charge on any atom is 0.330 e. The lowest BCUT2D eigenvalue weighted by molar-refractivity contribution is -0.385. The molecule has 428 valence electrons. The van der Waals surface area contributed by atoms with Crippen LogP contribution in [0.1, 0.15) is 83.5 Å². The van der Waals surface area contributed by atoms with Crippen molar-refractivity contribution in [3.63, 3.8) is 0 Å². The van der Waals surface area contributed by atoms with Crippen molar-refractivity contribution in [3.05, 3.63) is 24.3 Å². The van der Waals surface area contributed by atoms with E-state index in [1.54, 1.807) is 6.08 Å². The second-order valence-corrected chi connectivity index (χ2v) is 21.9. The number of fused-ring (bicyclic) bond motifs is 1. The maximum absolute atomic E-state index is 13.3. The summed E-state index contributed by atoms with van der Waals surface area (Å²) < 4.78 is 53.5. The van der Waals surface area contributed by atoms with Crippen LogP contribution >= 0.6 is 0 Å². The predicted octanol–water partition coefficient (Wildman–Crippen LogP) is -4.93. The Bertz CT molecular complexity index is 1890. The van der Waals surface area contributed by atoms with Gasteiger partial charge in [-0.25, -0.2) is 9.59 Å². The molecule has 8 rings (SSSR count). The van der Waals surface area contributed by atoms with Gasteiger partial charge in [0.25, 0.3) is 0 Å². The molecule has 0 amide bonds. The number of aliphatic hydroxyl groups excluding tert-OH is 14. The molecule has 0 aromatic rings. The molecule has 4 heterocycles. The first kappa shape index (κ1) is 58.7. The van der Waals surface area contributed by atoms with E-state index < -0.39 is 191 Å². The summed E-state index contributed by atoms with van der Waals surface area (Å²) in [6.07, 6.45) is -23.2. The molecule has 26 atom stereocenters. The Labute approximate surface area is 433 Å². The quantitative estimate of drug-likeness (QED) is 0.0415. The second-order valence-electron chi connectivity index (χ2n) is 21.9. The molecule has 4 aliphatic carbocycles. The Hall–Kier alpha value is -2.42. The fraction of sp³-hybridized carbons (Fsp3) is 0.880. The molecule has 25 nitrogen and oxygen atoms in total. The van der Waals surface area contributed by atoms with Crippen molar-refractivity contribution in [2.75, 3.05) is 19.8 Å². The summed E-state index contributed by atoms with van der Waals surface area (Å²) in [4.78, 5) is 26.4. The van der Waals surface area contributed by atoms with Gasteiger partial charge in [-0.15, -0.1) is 0 Å². The van der Waals surface area contributed by atoms with E-state index in [1.165, 1.54) is 12.2 Å². The van der Waals surface area contributed by atoms with E-state index >= 15 is 0 Å². The Morgan fingerprint density at radius 3 is 1.87 bits per heavy atom. The van der Waals surface area contributed by atoms with E-state index in [2.05, 4.69) is 0 Å². The summed E-state index contributed by atoms with van der Waals surface area (Å²) in [5.41, 5.74) is 0. The molecule has 75 heavy (non-hydrogen) atoms. The molecule has 25 heteroatoms. The van der Waals surface area contributed by atoms with Crippen molar-refractivity contribution in [1.82, 2.24) is 0 Å². The zero-order valence-electron chi connectivity index (χ0n) is 41.6. The smallest absolute Gasteiger partial charge is 0.330 e. The third-order valence-electron chi connectivity index (χ3n) is 16.6. The first-order chi connectivity index (χ1) is 35.8. The van der Waals surface area contributed by atoms with Crippen LogP contribution in [0.2, 0.25) is 0 Å². The highest BCUT2D eigenvalue weighted by Gasteiger charge is 2.58. The van der Waals surface area contributed by atoms with Crippen molar-refractivity contribution >= 4 is 11.9 Å². The monoisotopic (exact) mass is 1080 g/mol. The van der Waals surface area contributed by atoms with Gasteiger partial charge in [0.15, 0.2) is 37.2 Å². The minimum atomic E-state index is -1.96. The molecule has 0 spiro atoms. The van der Waals surface area contributed by atoms with Gasteiger partial charge >= 0.3 is 11.9 Å². The lowest BCUT2D eigenvalue weighted by atomic mass is 9.72. The molecular formula is C50H79O25+. The zero-order valence-corrected chi connectivity index (χ0v) is 41.6. The molecule has 8 fully saturated rings. The van der Waals surface area contributed by atoms with E-state index in [4.69, 9.17) is 42.6 Å². The van der Waals surface area contributed by atoms with Crippen molar-refractivity contribution in [3.8, 4) is 0 Å². The van der Waals surface area contributed by atoms with Crippen LogP contribution in [-0.4, -0.2) is 255 Å². The van der Waals surface area contributed by atoms with E-state index in [9.17, 15) is 81.1 Å². The fourth-order valence-electron chi connectivity index (χ4n) is 12.1. The summed E-state index contributed by atoms with van der Waals surface area (Å²) in [5.74, 6) is -3.17. The van der Waals surface area contributed by atoms with E-state index in [0.29, 0.717) is 44.9 Å². The van der Waals surface area contributed by atoms with Crippen molar-refractivity contribution in [1.29, 1.82) is 0 Å². The zero-order chi connectivity index (χ0) is 53.8. The Balaban J connectivity index is 1.06. The third kappa shape index (κ3) is 14.3. The average molecular weight is 1080 g/mol. The van der Waals surface area contributed by atoms with Gasteiger partial charge in [-0.05, 0) is 82.5 Å². The molecule has 0 radical (unpaired) electrons. The van der Waals surface area contributed by atoms with Gasteiger partial charge in [-0.2, -0.15) is 0 Å². The molecule has 26 unspecified atom stereocenters. The Kier molecular flexibility index (Phi) is 20.5. The molecule has 4 saturated heterocycles. The van der Waals surface area contributed by atoms with Gasteiger partial charge in [0.05, 0.1) is 61.9 Å². The van der Waals surface area contributed by atoms with E-state index in [1.807, 2.05) is 0 Å². The van der Waals surface area contributed by atoms with Gasteiger partial charge in [-0.3, -0.25) is 0 Å². The van der Waals surface area contributed by atoms with Crippen LogP contribution in [0, 0.1) is 23.7 Å². The number of carbonyl (C=O) groups is 2. The van der Waals surface area contributed by atoms with Crippen LogP contribution in [0.15, 0.2) is 24.3 Å². The first-order valence-electron chi connectivity index (χ1n) is 26.6. The summed E-state index contributed by atoms with van der Waals surface area (Å²) in [6.45, 7) is -1.89. The summed E-state index contributed by atoms with van der Waals surface area (Å²) in [7, 11) is 0. The van der Waals surface area contributed by atoms with Crippen LogP contribution in [0.3, 0.4) is 0 Å². The highest BCUT2D eigenvalue weighted by atomic mass is 16.8. The SMILES string of the molecule is O=C(C=CC1CCC(O)CC1)OCC1OC(OC2CC3C(OC4OC(CO)C(O)C(O)C4O)CC(O)CC3[OH+]C2C2CCC(O)C(O)C2)C(OC2OCC(O)C(O)C2OC(=O)C=CC2CCC(O)C(O)C2)C(O)C1O. The maximum atomic E-state index is 13.3. The number of ether oxygens (including phenoxy) is 9. The first-order valence-corrected chi connectivity index (χ1v) is 26.6. The summed E-state index contributed by atoms with van der Waals surface area (Å²) in [5, 5.41) is 150. The summed E-state index contributed by atoms with van der Waals surface area (Å²) >= 11 is 0. The molecule has 4 aliphatic heterocycles. The van der Waals surface area contributed by atoms with Crippen LogP contribution < -0.4 is 0 Å². The number of esters is 2. The third-order valence-corrected chi connectivity index (χ3v) is 16.6. The topological polar surface area (TPSA) is 404 Å². The largest absolute Gasteiger partial charge is 0.460 e. The van der Waals surface area contributed by atoms with Crippen LogP contribution in [0.5, 0.6) is 0 Å². The highest BCUT2D eigenvalue weighted by Crippen LogP contribution is 2.44. The normalized spacial score (nSPS) is 49.0. The second kappa shape index (κ2) is 26.2. The molecule has 0 aromatic carbocycles. The Morgan fingerprint density at radius 1 is 0.520 bits per heavy atom. The highest BCUT2D eigenvalue weighted by molar-refractivity contribution is 5.82. The predicted molar refractivity (Wildman–Crippen MR) is 250 cm³/mol. The molecule has 0 aromatic heterocycles. The van der Waals surface area contributed by atoms with Crippen LogP contribution in [0.25, 0.3) is 0 Å². The number of carbonyl (C=O) groups excluding carboxylic acids is 2. The minimum absolute atomic E-state index is 0.0210. The number of allylic oxidation sites excluding steroid dienone is 2. The average Bonchev–Trinajstić information content (AvgIpc) is 3.39. The van der Waals surface area contributed by atoms with Crippen LogP contribution in [0.4, 0.5) is 0 Å². The standard InChI is InChI=1S/C50H78O25/c51-18-35-40(62)42(64)44(66)48(72-35)70-33-16-25(53)15-32-26(33)17-34(45(69-32)23-6-10-28(55)30(57)14-23)71-50-47(43(65)41(63)36(73-50)20-67-37(59)11-4-21-1-7-24(52)8-2-21)75-49-46(39(61)31(58)19-68-49)74-38(60)12-5-22-3-9-27(54)29(56)13-22/h4-5,11-12,21-36,39-58,61-66H,1-3,6-10,13-20H2/p+1. The molecule has 4 saturated carbocycles. The summed E-state index contributed by atoms with van der Waals surface area (Å²) in [6, 6.07) is 0. The number of rotatable bonds is 15. The van der Waals surface area contributed by atoms with Gasteiger partial charge in [-0.1, -0.05) is 12.2 Å². The number of aliphatic hydroxyl groups is 16. The van der Waals surface area contributed by atoms with Crippen molar-refractivity contribution < 1.29 is 124 Å². The minimum Gasteiger partial charge on any atom is -0.460 e. The number of hydrogen-bond donors (Lipinski definition) is 14. The molecular weight excluding hydrogens is 1000 g/mol. The van der Waals surface area contributed by atoms with Gasteiger partial charge in [0.1, 0.15) is 73.8 Å². The molecule has 8 aliphatic rings. The lowest BCUT2D eigenvalue weighted by Gasteiger charge is -2.50. The number of hydrogen-bond acceptors (Lipinski definition) is 24. The lowest BCUT2D eigenvalue weighted by Crippen LogP contribution is -2.66. The molecule has 15 N–H and O–H groups in total. The Morgan fingerprint density at radius 2 is 1.16 bits per heavy atom. The van der Waals surface area contributed by atoms with Crippen molar-refractivity contribution in [2.24, 2.45) is 23.7 Å². The van der Waals surface area contributed by atoms with Gasteiger partial charge in [0, 0.05) is 30.9 Å². The van der Waals surface area contributed by atoms with Gasteiger partial charge < -0.3 is 114 Å². The van der Waals surface area contributed by atoms with Crippen molar-refractivity contribution in [2.45, 2.75) is 231 Å². The van der Waals surface area contributed by atoms with Gasteiger partial charge in [0.2, 0.25) is 0 Å².